The minimum atomic E-state index is 0.0974. The third kappa shape index (κ3) is 11.1. The maximum atomic E-state index is 5.66. The molecule has 0 aliphatic rings. The second-order valence-corrected chi connectivity index (χ2v) is 6.51. The summed E-state index contributed by atoms with van der Waals surface area (Å²) in [6.07, 6.45) is 17.9. The minimum absolute atomic E-state index is 0.0974. The molecular weight excluding hydrogens is 380 g/mol. The van der Waals surface area contributed by atoms with E-state index < -0.39 is 0 Å². The van der Waals surface area contributed by atoms with Crippen molar-refractivity contribution in [3.05, 3.63) is 135 Å². The summed E-state index contributed by atoms with van der Waals surface area (Å²) in [5.74, 6) is 0.740. The van der Waals surface area contributed by atoms with E-state index in [9.17, 15) is 0 Å². The summed E-state index contributed by atoms with van der Waals surface area (Å²) in [6, 6.07) is 0. The molecule has 0 aromatic carbocycles. The third-order valence-electron chi connectivity index (χ3n) is 3.90. The quantitative estimate of drug-likeness (QED) is 0.0939. The molecule has 0 aliphatic carbocycles. The molecule has 0 radical (unpaired) electrons. The molecule has 0 saturated heterocycles. The van der Waals surface area contributed by atoms with Crippen LogP contribution in [-0.4, -0.2) is 12.1 Å². The van der Waals surface area contributed by atoms with Gasteiger partial charge in [0, 0.05) is 17.2 Å². The average molecular weight is 415 g/mol. The van der Waals surface area contributed by atoms with Gasteiger partial charge in [0.1, 0.15) is 23.6 Å². The minimum Gasteiger partial charge on any atom is -0.456 e. The van der Waals surface area contributed by atoms with Crippen molar-refractivity contribution in [1.29, 1.82) is 0 Å². The summed E-state index contributed by atoms with van der Waals surface area (Å²) in [7, 11) is 0. The lowest BCUT2D eigenvalue weighted by molar-refractivity contribution is 0.349. The fourth-order valence-corrected chi connectivity index (χ4v) is 2.16. The molecule has 0 aromatic heterocycles. The first-order valence-corrected chi connectivity index (χ1v) is 9.83. The smallest absolute Gasteiger partial charge is 0.146 e. The lowest BCUT2D eigenvalue weighted by Crippen LogP contribution is -2.08. The Morgan fingerprint density at radius 1 is 0.871 bits per heavy atom. The molecule has 1 atom stereocenters. The average Bonchev–Trinajstić information content (AvgIpc) is 2.73. The van der Waals surface area contributed by atoms with Crippen molar-refractivity contribution in [2.24, 2.45) is 15.9 Å². The molecule has 0 amide bonds. The predicted molar refractivity (Wildman–Crippen MR) is 139 cm³/mol. The number of hydrogen-bond donors (Lipinski definition) is 0. The highest BCUT2D eigenvalue weighted by Crippen LogP contribution is 2.17. The van der Waals surface area contributed by atoms with Crippen molar-refractivity contribution < 1.29 is 4.74 Å². The van der Waals surface area contributed by atoms with Gasteiger partial charge >= 0.3 is 0 Å². The molecule has 0 bridgehead atoms. The van der Waals surface area contributed by atoms with Crippen molar-refractivity contribution in [3.8, 4) is 0 Å². The van der Waals surface area contributed by atoms with Crippen LogP contribution >= 0.6 is 0 Å². The van der Waals surface area contributed by atoms with Crippen LogP contribution in [0.2, 0.25) is 0 Å². The van der Waals surface area contributed by atoms with E-state index in [1.165, 1.54) is 12.4 Å². The molecule has 0 heterocycles. The summed E-state index contributed by atoms with van der Waals surface area (Å²) in [5.41, 5.74) is 3.36. The Kier molecular flexibility index (Phi) is 13.3. The normalized spacial score (nSPS) is 13.6. The highest BCUT2D eigenvalue weighted by atomic mass is 16.5. The Morgan fingerprint density at radius 2 is 1.55 bits per heavy atom. The standard InChI is InChI=1S/C28H34N2O/c1-11-15-22(6)19-27(18-17-21(5)13-3)28(26(10)31-24(8)14-4)30-20-29-25(9)23(7)16-12-2/h11-20,23H,3-6,8-10H2,1-2,7H3/b15-11-,16-12-,18-17-,27-19+,29-20?,30-28?. The zero-order valence-corrected chi connectivity index (χ0v) is 19.1. The van der Waals surface area contributed by atoms with Gasteiger partial charge in [-0.25, -0.2) is 9.98 Å². The number of aliphatic imine (C=N–C) groups is 2. The van der Waals surface area contributed by atoms with Gasteiger partial charge in [0.05, 0.1) is 0 Å². The van der Waals surface area contributed by atoms with Crippen molar-refractivity contribution in [3.63, 3.8) is 0 Å². The van der Waals surface area contributed by atoms with Gasteiger partial charge in [-0.1, -0.05) is 95.5 Å². The Balaban J connectivity index is 6.39. The number of hydrogen-bond acceptors (Lipinski definition) is 2. The highest BCUT2D eigenvalue weighted by molar-refractivity contribution is 6.15. The van der Waals surface area contributed by atoms with E-state index in [2.05, 4.69) is 56.0 Å². The Labute approximate surface area is 188 Å². The van der Waals surface area contributed by atoms with Crippen LogP contribution < -0.4 is 0 Å². The van der Waals surface area contributed by atoms with Crippen LogP contribution in [0.4, 0.5) is 0 Å². The van der Waals surface area contributed by atoms with Gasteiger partial charge in [0.15, 0.2) is 0 Å². The van der Waals surface area contributed by atoms with Gasteiger partial charge in [0.2, 0.25) is 0 Å². The molecule has 31 heavy (non-hydrogen) atoms. The fraction of sp³-hybridized carbons (Fsp3) is 0.143. The summed E-state index contributed by atoms with van der Waals surface area (Å²) in [4.78, 5) is 8.87. The van der Waals surface area contributed by atoms with Crippen molar-refractivity contribution >= 4 is 12.1 Å². The van der Waals surface area contributed by atoms with Crippen LogP contribution in [0.3, 0.4) is 0 Å². The molecule has 0 aromatic rings. The maximum absolute atomic E-state index is 5.66. The number of allylic oxidation sites excluding steroid dienone is 12. The molecule has 0 N–H and O–H groups in total. The van der Waals surface area contributed by atoms with E-state index in [-0.39, 0.29) is 11.7 Å². The topological polar surface area (TPSA) is 34.0 Å². The monoisotopic (exact) mass is 414 g/mol. The zero-order chi connectivity index (χ0) is 23.8. The first-order chi connectivity index (χ1) is 14.7. The molecular formula is C28H34N2O. The van der Waals surface area contributed by atoms with Crippen LogP contribution in [0, 0.1) is 5.92 Å². The highest BCUT2D eigenvalue weighted by Gasteiger charge is 2.12. The fourth-order valence-electron chi connectivity index (χ4n) is 2.16. The van der Waals surface area contributed by atoms with Crippen molar-refractivity contribution in [1.82, 2.24) is 0 Å². The van der Waals surface area contributed by atoms with Crippen LogP contribution in [0.25, 0.3) is 0 Å². The van der Waals surface area contributed by atoms with Gasteiger partial charge in [0.25, 0.3) is 0 Å². The van der Waals surface area contributed by atoms with E-state index in [4.69, 9.17) is 4.74 Å². The van der Waals surface area contributed by atoms with Gasteiger partial charge in [-0.05, 0) is 37.1 Å². The lowest BCUT2D eigenvalue weighted by Gasteiger charge is -2.12. The Morgan fingerprint density at radius 3 is 2.10 bits per heavy atom. The molecule has 162 valence electrons. The van der Waals surface area contributed by atoms with E-state index >= 15 is 0 Å². The summed E-state index contributed by atoms with van der Waals surface area (Å²) in [5, 5.41) is 0. The first-order valence-electron chi connectivity index (χ1n) is 9.83. The van der Waals surface area contributed by atoms with Crippen molar-refractivity contribution in [2.75, 3.05) is 0 Å². The number of rotatable bonds is 14. The molecule has 0 spiro atoms. The molecule has 0 rings (SSSR count). The SMILES string of the molecule is C=CC(=C)/C=C\C(=C/C(=C)/C=C\C)C(=NC=NC(=C)C(C)/C=C\C)C(=C)OC(=C)C=C. The van der Waals surface area contributed by atoms with E-state index in [1.807, 2.05) is 63.3 Å². The molecule has 1 unspecified atom stereocenters. The van der Waals surface area contributed by atoms with E-state index in [0.29, 0.717) is 22.7 Å². The largest absolute Gasteiger partial charge is 0.456 e. The first kappa shape index (κ1) is 27.3. The summed E-state index contributed by atoms with van der Waals surface area (Å²) in [6.45, 7) is 33.0. The van der Waals surface area contributed by atoms with Gasteiger partial charge in [-0.2, -0.15) is 0 Å². The number of nitrogens with zero attached hydrogens (tertiary/aromatic N) is 2. The number of ether oxygens (including phenoxy) is 1. The van der Waals surface area contributed by atoms with Crippen LogP contribution in [0.1, 0.15) is 20.8 Å². The summed E-state index contributed by atoms with van der Waals surface area (Å²) < 4.78 is 5.66. The van der Waals surface area contributed by atoms with Crippen LogP contribution in [0.5, 0.6) is 0 Å². The molecule has 3 nitrogen and oxygen atoms in total. The Bertz CT molecular complexity index is 915. The van der Waals surface area contributed by atoms with Gasteiger partial charge in [-0.15, -0.1) is 0 Å². The summed E-state index contributed by atoms with van der Waals surface area (Å²) >= 11 is 0. The van der Waals surface area contributed by atoms with Crippen LogP contribution in [-0.2, 0) is 4.74 Å². The van der Waals surface area contributed by atoms with Crippen LogP contribution in [0.15, 0.2) is 145 Å². The maximum Gasteiger partial charge on any atom is 0.146 e. The van der Waals surface area contributed by atoms with Gasteiger partial charge < -0.3 is 4.74 Å². The second kappa shape index (κ2) is 15.2. The molecule has 0 fully saturated rings. The van der Waals surface area contributed by atoms with Gasteiger partial charge in [-0.3, -0.25) is 0 Å². The Hall–Kier alpha value is -3.72. The molecule has 3 heteroatoms. The van der Waals surface area contributed by atoms with Crippen molar-refractivity contribution in [2.45, 2.75) is 20.8 Å². The molecule has 0 saturated carbocycles. The predicted octanol–water partition coefficient (Wildman–Crippen LogP) is 7.77. The van der Waals surface area contributed by atoms with E-state index in [1.54, 1.807) is 6.08 Å². The zero-order valence-electron chi connectivity index (χ0n) is 19.1. The second-order valence-electron chi connectivity index (χ2n) is 6.51. The lowest BCUT2D eigenvalue weighted by atomic mass is 10.0. The third-order valence-corrected chi connectivity index (χ3v) is 3.90. The molecule has 0 aliphatic heterocycles. The van der Waals surface area contributed by atoms with E-state index in [0.717, 1.165) is 11.1 Å².